The molecule has 0 aromatic carbocycles. The summed E-state index contributed by atoms with van der Waals surface area (Å²) in [5.74, 6) is 1.61. The lowest BCUT2D eigenvalue weighted by Gasteiger charge is -2.39. The lowest BCUT2D eigenvalue weighted by molar-refractivity contribution is 0.0966. The SMILES string of the molecule is CC1CCN(CC2CCOC2)C(CN)C1. The van der Waals surface area contributed by atoms with Crippen LogP contribution in [-0.2, 0) is 4.74 Å². The standard InChI is InChI=1S/C12H24N2O/c1-10-2-4-14(12(6-10)7-13)8-11-3-5-15-9-11/h10-12H,2-9,13H2,1H3. The van der Waals surface area contributed by atoms with Gasteiger partial charge < -0.3 is 10.5 Å². The average Bonchev–Trinajstić information content (AvgIpc) is 2.73. The minimum Gasteiger partial charge on any atom is -0.381 e. The summed E-state index contributed by atoms with van der Waals surface area (Å²) >= 11 is 0. The first-order chi connectivity index (χ1) is 7.29. The van der Waals surface area contributed by atoms with Gasteiger partial charge in [-0.2, -0.15) is 0 Å². The Morgan fingerprint density at radius 1 is 1.40 bits per heavy atom. The molecule has 0 bridgehead atoms. The average molecular weight is 212 g/mol. The number of ether oxygens (including phenoxy) is 1. The third-order valence-electron chi connectivity index (χ3n) is 3.89. The molecule has 3 heteroatoms. The predicted molar refractivity (Wildman–Crippen MR) is 61.7 cm³/mol. The highest BCUT2D eigenvalue weighted by Gasteiger charge is 2.28. The molecule has 3 nitrogen and oxygen atoms in total. The van der Waals surface area contributed by atoms with Crippen molar-refractivity contribution in [3.8, 4) is 0 Å². The number of hydrogen-bond acceptors (Lipinski definition) is 3. The van der Waals surface area contributed by atoms with Gasteiger partial charge in [-0.25, -0.2) is 0 Å². The van der Waals surface area contributed by atoms with Crippen LogP contribution in [0, 0.1) is 11.8 Å². The number of rotatable bonds is 3. The van der Waals surface area contributed by atoms with E-state index in [9.17, 15) is 0 Å². The Morgan fingerprint density at radius 3 is 2.93 bits per heavy atom. The van der Waals surface area contributed by atoms with Gasteiger partial charge in [0.1, 0.15) is 0 Å². The molecule has 2 heterocycles. The molecule has 0 aliphatic carbocycles. The van der Waals surface area contributed by atoms with Gasteiger partial charge in [0.15, 0.2) is 0 Å². The van der Waals surface area contributed by atoms with Crippen LogP contribution in [-0.4, -0.2) is 43.8 Å². The molecule has 2 aliphatic heterocycles. The quantitative estimate of drug-likeness (QED) is 0.761. The third kappa shape index (κ3) is 2.92. The van der Waals surface area contributed by atoms with E-state index in [1.54, 1.807) is 0 Å². The fraction of sp³-hybridized carbons (Fsp3) is 1.00. The van der Waals surface area contributed by atoms with Crippen molar-refractivity contribution in [1.82, 2.24) is 4.90 Å². The highest BCUT2D eigenvalue weighted by atomic mass is 16.5. The molecule has 3 unspecified atom stereocenters. The summed E-state index contributed by atoms with van der Waals surface area (Å²) in [7, 11) is 0. The third-order valence-corrected chi connectivity index (χ3v) is 3.89. The molecule has 2 fully saturated rings. The van der Waals surface area contributed by atoms with Crippen LogP contribution in [0.5, 0.6) is 0 Å². The summed E-state index contributed by atoms with van der Waals surface area (Å²) in [5, 5.41) is 0. The van der Waals surface area contributed by atoms with Crippen LogP contribution in [0.4, 0.5) is 0 Å². The van der Waals surface area contributed by atoms with Crippen LogP contribution in [0.2, 0.25) is 0 Å². The molecule has 0 aromatic rings. The van der Waals surface area contributed by atoms with Gasteiger partial charge in [0, 0.05) is 25.7 Å². The fourth-order valence-corrected chi connectivity index (χ4v) is 2.84. The Balaban J connectivity index is 1.83. The molecular formula is C12H24N2O. The molecule has 2 rings (SSSR count). The number of likely N-dealkylation sites (tertiary alicyclic amines) is 1. The molecular weight excluding hydrogens is 188 g/mol. The minimum absolute atomic E-state index is 0.620. The zero-order chi connectivity index (χ0) is 10.7. The van der Waals surface area contributed by atoms with Crippen LogP contribution in [0.25, 0.3) is 0 Å². The Bertz CT molecular complexity index is 192. The van der Waals surface area contributed by atoms with E-state index in [1.807, 2.05) is 0 Å². The second-order valence-electron chi connectivity index (χ2n) is 5.24. The molecule has 2 N–H and O–H groups in total. The van der Waals surface area contributed by atoms with Gasteiger partial charge in [-0.05, 0) is 37.6 Å². The lowest BCUT2D eigenvalue weighted by Crippen LogP contribution is -2.48. The van der Waals surface area contributed by atoms with Crippen molar-refractivity contribution < 1.29 is 4.74 Å². The highest BCUT2D eigenvalue weighted by molar-refractivity contribution is 4.83. The van der Waals surface area contributed by atoms with Crippen LogP contribution in [0.15, 0.2) is 0 Å². The van der Waals surface area contributed by atoms with Crippen molar-refractivity contribution in [2.24, 2.45) is 17.6 Å². The summed E-state index contributed by atoms with van der Waals surface area (Å²) < 4.78 is 5.43. The van der Waals surface area contributed by atoms with Gasteiger partial charge in [0.05, 0.1) is 6.61 Å². The zero-order valence-electron chi connectivity index (χ0n) is 9.82. The molecule has 2 saturated heterocycles. The maximum Gasteiger partial charge on any atom is 0.0507 e. The summed E-state index contributed by atoms with van der Waals surface area (Å²) in [5.41, 5.74) is 5.86. The first-order valence-corrected chi connectivity index (χ1v) is 6.31. The molecule has 0 amide bonds. The van der Waals surface area contributed by atoms with Crippen molar-refractivity contribution in [2.45, 2.75) is 32.2 Å². The van der Waals surface area contributed by atoms with Crippen molar-refractivity contribution >= 4 is 0 Å². The van der Waals surface area contributed by atoms with Crippen LogP contribution in [0.3, 0.4) is 0 Å². The van der Waals surface area contributed by atoms with E-state index in [2.05, 4.69) is 11.8 Å². The van der Waals surface area contributed by atoms with Crippen LogP contribution < -0.4 is 5.73 Å². The second-order valence-corrected chi connectivity index (χ2v) is 5.24. The van der Waals surface area contributed by atoms with Gasteiger partial charge in [0.2, 0.25) is 0 Å². The van der Waals surface area contributed by atoms with Gasteiger partial charge in [-0.1, -0.05) is 6.92 Å². The van der Waals surface area contributed by atoms with E-state index < -0.39 is 0 Å². The number of hydrogen-bond donors (Lipinski definition) is 1. The van der Waals surface area contributed by atoms with E-state index in [4.69, 9.17) is 10.5 Å². The van der Waals surface area contributed by atoms with Crippen LogP contribution >= 0.6 is 0 Å². The normalized spacial score (nSPS) is 38.4. The van der Waals surface area contributed by atoms with Crippen molar-refractivity contribution in [1.29, 1.82) is 0 Å². The van der Waals surface area contributed by atoms with Gasteiger partial charge in [0.25, 0.3) is 0 Å². The van der Waals surface area contributed by atoms with Crippen molar-refractivity contribution in [2.75, 3.05) is 32.8 Å². The topological polar surface area (TPSA) is 38.5 Å². The van der Waals surface area contributed by atoms with E-state index in [-0.39, 0.29) is 0 Å². The Kier molecular flexibility index (Phi) is 4.00. The zero-order valence-corrected chi connectivity index (χ0v) is 9.82. The first-order valence-electron chi connectivity index (χ1n) is 6.31. The minimum atomic E-state index is 0.620. The monoisotopic (exact) mass is 212 g/mol. The Morgan fingerprint density at radius 2 is 2.27 bits per heavy atom. The summed E-state index contributed by atoms with van der Waals surface area (Å²) in [4.78, 5) is 2.60. The molecule has 0 spiro atoms. The van der Waals surface area contributed by atoms with E-state index in [1.165, 1.54) is 32.4 Å². The molecule has 88 valence electrons. The number of piperidine rings is 1. The molecule has 0 aromatic heterocycles. The number of nitrogens with zero attached hydrogens (tertiary/aromatic N) is 1. The van der Waals surface area contributed by atoms with E-state index in [0.717, 1.165) is 31.6 Å². The maximum absolute atomic E-state index is 5.86. The van der Waals surface area contributed by atoms with Crippen LogP contribution in [0.1, 0.15) is 26.2 Å². The summed E-state index contributed by atoms with van der Waals surface area (Å²) in [6.07, 6.45) is 3.86. The molecule has 3 atom stereocenters. The fourth-order valence-electron chi connectivity index (χ4n) is 2.84. The van der Waals surface area contributed by atoms with Crippen molar-refractivity contribution in [3.05, 3.63) is 0 Å². The van der Waals surface area contributed by atoms with E-state index >= 15 is 0 Å². The van der Waals surface area contributed by atoms with E-state index in [0.29, 0.717) is 6.04 Å². The summed E-state index contributed by atoms with van der Waals surface area (Å²) in [6.45, 7) is 7.52. The second kappa shape index (κ2) is 5.28. The maximum atomic E-state index is 5.86. The molecule has 15 heavy (non-hydrogen) atoms. The lowest BCUT2D eigenvalue weighted by atomic mass is 9.91. The van der Waals surface area contributed by atoms with Crippen molar-refractivity contribution in [3.63, 3.8) is 0 Å². The molecule has 0 saturated carbocycles. The Labute approximate surface area is 93.0 Å². The molecule has 0 radical (unpaired) electrons. The smallest absolute Gasteiger partial charge is 0.0507 e. The summed E-state index contributed by atoms with van der Waals surface area (Å²) in [6, 6.07) is 0.620. The largest absolute Gasteiger partial charge is 0.381 e. The van der Waals surface area contributed by atoms with Gasteiger partial charge in [-0.3, -0.25) is 4.90 Å². The predicted octanol–water partition coefficient (Wildman–Crippen LogP) is 1.08. The highest BCUT2D eigenvalue weighted by Crippen LogP contribution is 2.24. The van der Waals surface area contributed by atoms with Gasteiger partial charge in [-0.15, -0.1) is 0 Å². The first kappa shape index (κ1) is 11.4. The Hall–Kier alpha value is -0.120. The van der Waals surface area contributed by atoms with Gasteiger partial charge >= 0.3 is 0 Å². The number of nitrogens with two attached hydrogens (primary N) is 1. The molecule has 2 aliphatic rings.